The molecule has 1 amide bonds. The van der Waals surface area contributed by atoms with Gasteiger partial charge in [-0.15, -0.1) is 0 Å². The molecule has 102 valence electrons. The summed E-state index contributed by atoms with van der Waals surface area (Å²) in [6.07, 6.45) is 1.70. The van der Waals surface area contributed by atoms with Crippen LogP contribution in [0.1, 0.15) is 31.7 Å². The third-order valence-corrected chi connectivity index (χ3v) is 3.90. The zero-order valence-electron chi connectivity index (χ0n) is 11.3. The van der Waals surface area contributed by atoms with Crippen LogP contribution in [0.25, 0.3) is 0 Å². The standard InChI is InChI=1S/C15H19NO3/c1-3-16(12-7-4-6-11(2)10-12)13(17)15(14(18)19)8-5-9-15/h4,6-7,10H,3,5,8-9H2,1-2H3,(H,18,19). The highest BCUT2D eigenvalue weighted by Gasteiger charge is 2.52. The number of carbonyl (C=O) groups excluding carboxylic acids is 1. The average molecular weight is 261 g/mol. The van der Waals surface area contributed by atoms with E-state index >= 15 is 0 Å². The van der Waals surface area contributed by atoms with Crippen LogP contribution in [0.4, 0.5) is 5.69 Å². The van der Waals surface area contributed by atoms with Crippen LogP contribution in [0.15, 0.2) is 24.3 Å². The predicted octanol–water partition coefficient (Wildman–Crippen LogP) is 2.60. The highest BCUT2D eigenvalue weighted by atomic mass is 16.4. The molecular formula is C15H19NO3. The predicted molar refractivity (Wildman–Crippen MR) is 73.1 cm³/mol. The van der Waals surface area contributed by atoms with Gasteiger partial charge in [0, 0.05) is 12.2 Å². The normalized spacial score (nSPS) is 16.5. The quantitative estimate of drug-likeness (QED) is 0.847. The summed E-state index contributed by atoms with van der Waals surface area (Å²) < 4.78 is 0. The number of hydrogen-bond acceptors (Lipinski definition) is 2. The van der Waals surface area contributed by atoms with Crippen molar-refractivity contribution in [3.05, 3.63) is 29.8 Å². The van der Waals surface area contributed by atoms with Crippen molar-refractivity contribution in [2.24, 2.45) is 5.41 Å². The number of carboxylic acids is 1. The van der Waals surface area contributed by atoms with Crippen LogP contribution >= 0.6 is 0 Å². The first-order valence-electron chi connectivity index (χ1n) is 6.63. The molecule has 19 heavy (non-hydrogen) atoms. The molecule has 1 aromatic carbocycles. The average Bonchev–Trinajstić information content (AvgIpc) is 2.27. The molecule has 0 heterocycles. The lowest BCUT2D eigenvalue weighted by atomic mass is 9.67. The van der Waals surface area contributed by atoms with E-state index in [-0.39, 0.29) is 5.91 Å². The van der Waals surface area contributed by atoms with Gasteiger partial charge in [-0.1, -0.05) is 18.6 Å². The maximum Gasteiger partial charge on any atom is 0.319 e. The van der Waals surface area contributed by atoms with Gasteiger partial charge in [-0.2, -0.15) is 0 Å². The number of carboxylic acid groups (broad SMARTS) is 1. The molecule has 1 aliphatic rings. The fourth-order valence-corrected chi connectivity index (χ4v) is 2.55. The topological polar surface area (TPSA) is 57.6 Å². The third-order valence-electron chi connectivity index (χ3n) is 3.90. The molecule has 1 fully saturated rings. The Bertz CT molecular complexity index is 506. The first kappa shape index (κ1) is 13.6. The van der Waals surface area contributed by atoms with E-state index in [1.807, 2.05) is 38.1 Å². The molecule has 0 spiro atoms. The molecule has 4 nitrogen and oxygen atoms in total. The monoisotopic (exact) mass is 261 g/mol. The molecule has 0 bridgehead atoms. The van der Waals surface area contributed by atoms with Gasteiger partial charge < -0.3 is 10.0 Å². The second-order valence-electron chi connectivity index (χ2n) is 5.13. The Balaban J connectivity index is 2.32. The Kier molecular flexibility index (Phi) is 3.60. The maximum atomic E-state index is 12.6. The van der Waals surface area contributed by atoms with Gasteiger partial charge in [0.05, 0.1) is 0 Å². The Labute approximate surface area is 113 Å². The van der Waals surface area contributed by atoms with Crippen molar-refractivity contribution >= 4 is 17.6 Å². The van der Waals surface area contributed by atoms with E-state index in [4.69, 9.17) is 0 Å². The summed E-state index contributed by atoms with van der Waals surface area (Å²) >= 11 is 0. The molecule has 0 aromatic heterocycles. The highest BCUT2D eigenvalue weighted by Crippen LogP contribution is 2.43. The van der Waals surface area contributed by atoms with E-state index in [9.17, 15) is 14.7 Å². The van der Waals surface area contributed by atoms with E-state index in [0.29, 0.717) is 19.4 Å². The van der Waals surface area contributed by atoms with E-state index in [1.165, 1.54) is 0 Å². The minimum atomic E-state index is -1.19. The summed E-state index contributed by atoms with van der Waals surface area (Å²) in [5.74, 6) is -1.27. The number of hydrogen-bond donors (Lipinski definition) is 1. The molecule has 1 aliphatic carbocycles. The second-order valence-corrected chi connectivity index (χ2v) is 5.13. The number of nitrogens with zero attached hydrogens (tertiary/aromatic N) is 1. The summed E-state index contributed by atoms with van der Waals surface area (Å²) in [5, 5.41) is 9.35. The molecule has 1 saturated carbocycles. The first-order chi connectivity index (χ1) is 9.01. The van der Waals surface area contributed by atoms with Crippen LogP contribution in [-0.2, 0) is 9.59 Å². The summed E-state index contributed by atoms with van der Waals surface area (Å²) in [6, 6.07) is 7.60. The molecule has 0 radical (unpaired) electrons. The lowest BCUT2D eigenvalue weighted by molar-refractivity contribution is -0.160. The lowest BCUT2D eigenvalue weighted by Gasteiger charge is -2.39. The first-order valence-corrected chi connectivity index (χ1v) is 6.63. The van der Waals surface area contributed by atoms with Crippen LogP contribution in [-0.4, -0.2) is 23.5 Å². The zero-order valence-corrected chi connectivity index (χ0v) is 11.3. The number of aliphatic carboxylic acids is 1. The van der Waals surface area contributed by atoms with Crippen LogP contribution in [0, 0.1) is 12.3 Å². The fourth-order valence-electron chi connectivity index (χ4n) is 2.55. The lowest BCUT2D eigenvalue weighted by Crippen LogP contribution is -2.52. The minimum Gasteiger partial charge on any atom is -0.480 e. The van der Waals surface area contributed by atoms with Gasteiger partial charge in [0.25, 0.3) is 0 Å². The fraction of sp³-hybridized carbons (Fsp3) is 0.467. The summed E-state index contributed by atoms with van der Waals surface area (Å²) in [6.45, 7) is 4.31. The summed E-state index contributed by atoms with van der Waals surface area (Å²) in [7, 11) is 0. The van der Waals surface area contributed by atoms with Crippen molar-refractivity contribution < 1.29 is 14.7 Å². The SMILES string of the molecule is CCN(C(=O)C1(C(=O)O)CCC1)c1cccc(C)c1. The van der Waals surface area contributed by atoms with E-state index < -0.39 is 11.4 Å². The van der Waals surface area contributed by atoms with Crippen molar-refractivity contribution in [1.29, 1.82) is 0 Å². The molecule has 0 aliphatic heterocycles. The number of anilines is 1. The Morgan fingerprint density at radius 2 is 2.05 bits per heavy atom. The number of aryl methyl sites for hydroxylation is 1. The van der Waals surface area contributed by atoms with Gasteiger partial charge in [-0.05, 0) is 44.4 Å². The molecule has 4 heteroatoms. The summed E-state index contributed by atoms with van der Waals surface area (Å²) in [5.41, 5.74) is 0.640. The van der Waals surface area contributed by atoms with Crippen LogP contribution in [0.5, 0.6) is 0 Å². The molecule has 1 N–H and O–H groups in total. The van der Waals surface area contributed by atoms with Crippen LogP contribution in [0.2, 0.25) is 0 Å². The zero-order chi connectivity index (χ0) is 14.0. The number of amides is 1. The Hall–Kier alpha value is -1.84. The van der Waals surface area contributed by atoms with E-state index in [0.717, 1.165) is 17.7 Å². The van der Waals surface area contributed by atoms with Crippen molar-refractivity contribution in [2.45, 2.75) is 33.1 Å². The second kappa shape index (κ2) is 5.03. The number of rotatable bonds is 4. The Morgan fingerprint density at radius 3 is 2.47 bits per heavy atom. The summed E-state index contributed by atoms with van der Waals surface area (Å²) in [4.78, 5) is 25.6. The largest absolute Gasteiger partial charge is 0.480 e. The molecule has 2 rings (SSSR count). The van der Waals surface area contributed by atoms with Gasteiger partial charge in [-0.3, -0.25) is 9.59 Å². The van der Waals surface area contributed by atoms with Crippen molar-refractivity contribution in [2.75, 3.05) is 11.4 Å². The maximum absolute atomic E-state index is 12.6. The van der Waals surface area contributed by atoms with Crippen LogP contribution in [0.3, 0.4) is 0 Å². The Morgan fingerprint density at radius 1 is 1.37 bits per heavy atom. The van der Waals surface area contributed by atoms with Gasteiger partial charge in [0.2, 0.25) is 5.91 Å². The van der Waals surface area contributed by atoms with Crippen molar-refractivity contribution in [3.8, 4) is 0 Å². The van der Waals surface area contributed by atoms with E-state index in [2.05, 4.69) is 0 Å². The highest BCUT2D eigenvalue weighted by molar-refractivity contribution is 6.10. The molecule has 0 saturated heterocycles. The van der Waals surface area contributed by atoms with Gasteiger partial charge in [0.1, 0.15) is 5.41 Å². The van der Waals surface area contributed by atoms with Gasteiger partial charge in [0.15, 0.2) is 0 Å². The van der Waals surface area contributed by atoms with Crippen LogP contribution < -0.4 is 4.90 Å². The smallest absolute Gasteiger partial charge is 0.319 e. The van der Waals surface area contributed by atoms with Gasteiger partial charge >= 0.3 is 5.97 Å². The molecule has 0 atom stereocenters. The number of benzene rings is 1. The van der Waals surface area contributed by atoms with E-state index in [1.54, 1.807) is 4.90 Å². The third kappa shape index (κ3) is 2.23. The molecule has 0 unspecified atom stereocenters. The van der Waals surface area contributed by atoms with Gasteiger partial charge in [-0.25, -0.2) is 0 Å². The number of carbonyl (C=O) groups is 2. The van der Waals surface area contributed by atoms with Crippen molar-refractivity contribution in [1.82, 2.24) is 0 Å². The molecule has 1 aromatic rings. The molecular weight excluding hydrogens is 242 g/mol. The minimum absolute atomic E-state index is 0.278. The van der Waals surface area contributed by atoms with Crippen molar-refractivity contribution in [3.63, 3.8) is 0 Å².